The lowest BCUT2D eigenvalue weighted by Gasteiger charge is -2.37. The molecule has 1 heterocycles. The van der Waals surface area contributed by atoms with E-state index in [1.54, 1.807) is 12.1 Å². The molecular formula is C18H18ClNO2. The first kappa shape index (κ1) is 14.9. The Kier molecular flexibility index (Phi) is 3.83. The highest BCUT2D eigenvalue weighted by molar-refractivity contribution is 6.33. The molecule has 0 aliphatic carbocycles. The molecule has 1 N–H and O–H groups in total. The Morgan fingerprint density at radius 2 is 1.86 bits per heavy atom. The highest BCUT2D eigenvalue weighted by Gasteiger charge is 2.34. The first-order valence-electron chi connectivity index (χ1n) is 7.30. The Hall–Kier alpha value is -2.00. The smallest absolute Gasteiger partial charge is 0.253 e. The Balaban J connectivity index is 1.89. The molecule has 0 aromatic heterocycles. The number of hydrogen-bond acceptors (Lipinski definition) is 2. The van der Waals surface area contributed by atoms with Crippen molar-refractivity contribution in [1.82, 2.24) is 5.32 Å². The van der Waals surface area contributed by atoms with E-state index >= 15 is 0 Å². The zero-order valence-corrected chi connectivity index (χ0v) is 13.4. The largest absolute Gasteiger partial charge is 0.487 e. The molecule has 0 unspecified atom stereocenters. The van der Waals surface area contributed by atoms with Crippen molar-refractivity contribution in [3.05, 3.63) is 64.7 Å². The fourth-order valence-corrected chi connectivity index (χ4v) is 3.03. The number of rotatable bonds is 2. The summed E-state index contributed by atoms with van der Waals surface area (Å²) in [6, 6.07) is 14.8. The van der Waals surface area contributed by atoms with Crippen LogP contribution in [0.2, 0.25) is 5.02 Å². The maximum Gasteiger partial charge on any atom is 0.253 e. The number of halogens is 1. The van der Waals surface area contributed by atoms with E-state index in [2.05, 4.69) is 5.32 Å². The normalized spacial score (nSPS) is 19.0. The third kappa shape index (κ3) is 2.95. The molecule has 0 bridgehead atoms. The molecule has 1 aliphatic rings. The summed E-state index contributed by atoms with van der Waals surface area (Å²) in [5.74, 6) is 0.659. The minimum atomic E-state index is -0.327. The molecule has 0 spiro atoms. The minimum absolute atomic E-state index is 0.0938. The van der Waals surface area contributed by atoms with Crippen molar-refractivity contribution >= 4 is 17.5 Å². The van der Waals surface area contributed by atoms with E-state index in [9.17, 15) is 4.79 Å². The predicted octanol–water partition coefficient (Wildman–Crippen LogP) is 4.37. The molecule has 22 heavy (non-hydrogen) atoms. The van der Waals surface area contributed by atoms with Gasteiger partial charge in [-0.2, -0.15) is 0 Å². The zero-order chi connectivity index (χ0) is 15.7. The zero-order valence-electron chi connectivity index (χ0n) is 12.6. The Labute approximate surface area is 135 Å². The lowest BCUT2D eigenvalue weighted by Crippen LogP contribution is -2.41. The van der Waals surface area contributed by atoms with Gasteiger partial charge in [0.1, 0.15) is 11.4 Å². The molecule has 1 atom stereocenters. The fraction of sp³-hybridized carbons (Fsp3) is 0.278. The van der Waals surface area contributed by atoms with Gasteiger partial charge in [0.15, 0.2) is 0 Å². The molecule has 1 amide bonds. The van der Waals surface area contributed by atoms with Crippen molar-refractivity contribution in [3.63, 3.8) is 0 Å². The second-order valence-corrected chi connectivity index (χ2v) is 6.52. The summed E-state index contributed by atoms with van der Waals surface area (Å²) in [6.07, 6.45) is 0.709. The SMILES string of the molecule is CC1(C)C[C@@H](NC(=O)c2ccccc2Cl)c2ccccc2O1. The number of carbonyl (C=O) groups excluding carboxylic acids is 1. The van der Waals surface area contributed by atoms with Crippen LogP contribution in [-0.2, 0) is 0 Å². The van der Waals surface area contributed by atoms with Gasteiger partial charge in [-0.25, -0.2) is 0 Å². The van der Waals surface area contributed by atoms with Crippen molar-refractivity contribution < 1.29 is 9.53 Å². The predicted molar refractivity (Wildman–Crippen MR) is 87.4 cm³/mol. The van der Waals surface area contributed by atoms with Crippen LogP contribution < -0.4 is 10.1 Å². The van der Waals surface area contributed by atoms with Gasteiger partial charge in [0.05, 0.1) is 16.6 Å². The molecule has 4 heteroatoms. The van der Waals surface area contributed by atoms with E-state index < -0.39 is 0 Å². The third-order valence-electron chi connectivity index (χ3n) is 3.80. The summed E-state index contributed by atoms with van der Waals surface area (Å²) < 4.78 is 5.98. The molecule has 0 saturated heterocycles. The number of fused-ring (bicyclic) bond motifs is 1. The van der Waals surface area contributed by atoms with Crippen molar-refractivity contribution in [2.45, 2.75) is 31.9 Å². The number of para-hydroxylation sites is 1. The van der Waals surface area contributed by atoms with E-state index in [4.69, 9.17) is 16.3 Å². The summed E-state index contributed by atoms with van der Waals surface area (Å²) >= 11 is 6.11. The number of amides is 1. The van der Waals surface area contributed by atoms with E-state index in [1.165, 1.54) is 0 Å². The number of benzene rings is 2. The first-order chi connectivity index (χ1) is 10.5. The number of carbonyl (C=O) groups is 1. The van der Waals surface area contributed by atoms with E-state index in [0.29, 0.717) is 17.0 Å². The fourth-order valence-electron chi connectivity index (χ4n) is 2.81. The average Bonchev–Trinajstić information content (AvgIpc) is 2.46. The van der Waals surface area contributed by atoms with Gasteiger partial charge < -0.3 is 10.1 Å². The molecule has 114 valence electrons. The van der Waals surface area contributed by atoms with Gasteiger partial charge in [0, 0.05) is 12.0 Å². The van der Waals surface area contributed by atoms with Gasteiger partial charge in [-0.1, -0.05) is 41.9 Å². The van der Waals surface area contributed by atoms with Crippen LogP contribution in [0.5, 0.6) is 5.75 Å². The molecule has 0 saturated carbocycles. The molecular weight excluding hydrogens is 298 g/mol. The maximum atomic E-state index is 12.5. The molecule has 1 aliphatic heterocycles. The lowest BCUT2D eigenvalue weighted by molar-refractivity contribution is 0.0620. The van der Waals surface area contributed by atoms with Crippen molar-refractivity contribution in [2.24, 2.45) is 0 Å². The summed E-state index contributed by atoms with van der Waals surface area (Å²) in [4.78, 5) is 12.5. The molecule has 3 nitrogen and oxygen atoms in total. The second-order valence-electron chi connectivity index (χ2n) is 6.11. The second kappa shape index (κ2) is 5.65. The quantitative estimate of drug-likeness (QED) is 0.893. The van der Waals surface area contributed by atoms with E-state index in [1.807, 2.05) is 50.2 Å². The van der Waals surface area contributed by atoms with Crippen LogP contribution in [0.25, 0.3) is 0 Å². The standard InChI is InChI=1S/C18H18ClNO2/c1-18(2)11-15(13-8-4-6-10-16(13)22-18)20-17(21)12-7-3-5-9-14(12)19/h3-10,15H,11H2,1-2H3,(H,20,21)/t15-/m1/s1. The number of nitrogens with one attached hydrogen (secondary N) is 1. The minimum Gasteiger partial charge on any atom is -0.487 e. The van der Waals surface area contributed by atoms with Gasteiger partial charge in [-0.3, -0.25) is 4.79 Å². The number of ether oxygens (including phenoxy) is 1. The third-order valence-corrected chi connectivity index (χ3v) is 4.13. The highest BCUT2D eigenvalue weighted by atomic mass is 35.5. The van der Waals surface area contributed by atoms with Gasteiger partial charge in [-0.05, 0) is 32.0 Å². The molecule has 0 radical (unpaired) electrons. The molecule has 2 aromatic rings. The van der Waals surface area contributed by atoms with Crippen LogP contribution in [0, 0.1) is 0 Å². The van der Waals surface area contributed by atoms with Crippen LogP contribution >= 0.6 is 11.6 Å². The maximum absolute atomic E-state index is 12.5. The number of hydrogen-bond donors (Lipinski definition) is 1. The van der Waals surface area contributed by atoms with Crippen LogP contribution in [-0.4, -0.2) is 11.5 Å². The summed E-state index contributed by atoms with van der Waals surface area (Å²) in [5.41, 5.74) is 1.17. The monoisotopic (exact) mass is 315 g/mol. The first-order valence-corrected chi connectivity index (χ1v) is 7.67. The van der Waals surface area contributed by atoms with Crippen LogP contribution in [0.4, 0.5) is 0 Å². The van der Waals surface area contributed by atoms with Crippen LogP contribution in [0.1, 0.15) is 42.2 Å². The van der Waals surface area contributed by atoms with Gasteiger partial charge in [0.25, 0.3) is 5.91 Å². The summed E-state index contributed by atoms with van der Waals surface area (Å²) in [6.45, 7) is 4.05. The van der Waals surface area contributed by atoms with Crippen molar-refractivity contribution in [3.8, 4) is 5.75 Å². The summed E-state index contributed by atoms with van der Waals surface area (Å²) in [7, 11) is 0. The molecule has 2 aromatic carbocycles. The van der Waals surface area contributed by atoms with Crippen LogP contribution in [0.3, 0.4) is 0 Å². The van der Waals surface area contributed by atoms with Gasteiger partial charge in [0.2, 0.25) is 0 Å². The van der Waals surface area contributed by atoms with Crippen LogP contribution in [0.15, 0.2) is 48.5 Å². The van der Waals surface area contributed by atoms with E-state index in [-0.39, 0.29) is 17.6 Å². The van der Waals surface area contributed by atoms with E-state index in [0.717, 1.165) is 11.3 Å². The summed E-state index contributed by atoms with van der Waals surface area (Å²) in [5, 5.41) is 3.54. The molecule has 0 fully saturated rings. The topological polar surface area (TPSA) is 38.3 Å². The van der Waals surface area contributed by atoms with Crippen molar-refractivity contribution in [1.29, 1.82) is 0 Å². The Morgan fingerprint density at radius 3 is 2.64 bits per heavy atom. The lowest BCUT2D eigenvalue weighted by atomic mass is 9.89. The van der Waals surface area contributed by atoms with Gasteiger partial charge >= 0.3 is 0 Å². The Morgan fingerprint density at radius 1 is 1.18 bits per heavy atom. The Bertz CT molecular complexity index is 712. The molecule has 3 rings (SSSR count). The average molecular weight is 316 g/mol. The highest BCUT2D eigenvalue weighted by Crippen LogP contribution is 2.39. The van der Waals surface area contributed by atoms with Gasteiger partial charge in [-0.15, -0.1) is 0 Å². The van der Waals surface area contributed by atoms with Crippen molar-refractivity contribution in [2.75, 3.05) is 0 Å².